The average molecular weight is 198 g/mol. The van der Waals surface area contributed by atoms with Gasteiger partial charge in [0.2, 0.25) is 0 Å². The highest BCUT2D eigenvalue weighted by atomic mass is 16.5. The third-order valence-corrected chi connectivity index (χ3v) is 1.31. The highest BCUT2D eigenvalue weighted by molar-refractivity contribution is 6.59. The molecule has 0 aliphatic carbocycles. The van der Waals surface area contributed by atoms with E-state index in [9.17, 15) is 0 Å². The number of methoxy groups -OCH3 is 1. The molecule has 1 aromatic heterocycles. The number of pyridine rings is 1. The fourth-order valence-electron chi connectivity index (χ4n) is 0.774. The van der Waals surface area contributed by atoms with Crippen LogP contribution in [0.5, 0.6) is 5.75 Å². The second kappa shape index (κ2) is 7.34. The maximum atomic E-state index is 8.77. The normalized spacial score (nSPS) is 8.36. The van der Waals surface area contributed by atoms with Gasteiger partial charge in [-0.25, -0.2) is 0 Å². The first kappa shape index (κ1) is 12.9. The fourth-order valence-corrected chi connectivity index (χ4v) is 0.774. The Morgan fingerprint density at radius 3 is 2.36 bits per heavy atom. The van der Waals surface area contributed by atoms with Crippen LogP contribution in [0.15, 0.2) is 18.5 Å². The Kier molecular flexibility index (Phi) is 6.77. The van der Waals surface area contributed by atoms with Crippen molar-refractivity contribution in [3.63, 3.8) is 0 Å². The number of hydrogen-bond acceptors (Lipinski definition) is 6. The Balaban J connectivity index is 0.000000500. The van der Waals surface area contributed by atoms with Crippen molar-refractivity contribution in [3.05, 3.63) is 18.5 Å². The van der Waals surface area contributed by atoms with E-state index in [-0.39, 0.29) is 13.1 Å². The summed E-state index contributed by atoms with van der Waals surface area (Å²) in [6.45, 7) is 0. The van der Waals surface area contributed by atoms with E-state index < -0.39 is 7.12 Å². The molecule has 0 amide bonds. The lowest BCUT2D eigenvalue weighted by atomic mass is 9.81. The van der Waals surface area contributed by atoms with Gasteiger partial charge in [-0.1, -0.05) is 0 Å². The molecule has 0 aromatic carbocycles. The highest BCUT2D eigenvalue weighted by Gasteiger charge is 2.15. The quantitative estimate of drug-likeness (QED) is 0.384. The Morgan fingerprint density at radius 1 is 1.43 bits per heavy atom. The maximum Gasteiger partial charge on any atom is 0.493 e. The zero-order valence-electron chi connectivity index (χ0n) is 7.53. The van der Waals surface area contributed by atoms with Crippen LogP contribution in [0.3, 0.4) is 0 Å². The summed E-state index contributed by atoms with van der Waals surface area (Å²) in [5.41, 5.74) is 0.273. The van der Waals surface area contributed by atoms with E-state index in [1.54, 1.807) is 6.07 Å². The molecule has 0 spiro atoms. The van der Waals surface area contributed by atoms with Crippen molar-refractivity contribution >= 4 is 20.3 Å². The highest BCUT2D eigenvalue weighted by Crippen LogP contribution is 2.02. The van der Waals surface area contributed by atoms with Gasteiger partial charge < -0.3 is 24.8 Å². The minimum Gasteiger partial charge on any atom is -0.497 e. The third kappa shape index (κ3) is 4.24. The molecule has 1 rings (SSSR count). The monoisotopic (exact) mass is 198 g/mol. The van der Waals surface area contributed by atoms with Crippen LogP contribution in [-0.4, -0.2) is 47.0 Å². The summed E-state index contributed by atoms with van der Waals surface area (Å²) < 4.78 is 4.85. The molecule has 6 nitrogen and oxygen atoms in total. The smallest absolute Gasteiger partial charge is 0.493 e. The molecule has 14 heavy (non-hydrogen) atoms. The minimum absolute atomic E-state index is 0. The van der Waals surface area contributed by atoms with Crippen molar-refractivity contribution < 1.29 is 24.8 Å². The lowest BCUT2D eigenvalue weighted by Gasteiger charge is -2.04. The van der Waals surface area contributed by atoms with Gasteiger partial charge in [0.25, 0.3) is 0 Å². The molecule has 4 N–H and O–H groups in total. The molecular formula is C6H10B2NO5. The lowest BCUT2D eigenvalue weighted by Crippen LogP contribution is -2.31. The zero-order chi connectivity index (χ0) is 11.0. The lowest BCUT2D eigenvalue weighted by molar-refractivity contribution is 0.402. The van der Waals surface area contributed by atoms with E-state index in [0.29, 0.717) is 5.75 Å². The van der Waals surface area contributed by atoms with E-state index >= 15 is 0 Å². The SMILES string of the molecule is COc1ccncc1B(O)O.O[B]O. The maximum absolute atomic E-state index is 8.77. The first-order valence-electron chi connectivity index (χ1n) is 3.61. The van der Waals surface area contributed by atoms with Crippen LogP contribution in [0.2, 0.25) is 0 Å². The molecule has 0 fully saturated rings. The number of ether oxygens (including phenoxy) is 1. The number of nitrogens with zero attached hydrogens (tertiary/aromatic N) is 1. The van der Waals surface area contributed by atoms with Crippen LogP contribution in [0.25, 0.3) is 0 Å². The summed E-state index contributed by atoms with van der Waals surface area (Å²) in [5.74, 6) is 0.426. The molecule has 0 aliphatic rings. The second-order valence-corrected chi connectivity index (χ2v) is 2.11. The number of aromatic nitrogens is 1. The zero-order valence-corrected chi connectivity index (χ0v) is 7.53. The van der Waals surface area contributed by atoms with E-state index in [1.165, 1.54) is 19.5 Å². The molecular weight excluding hydrogens is 188 g/mol. The Morgan fingerprint density at radius 2 is 2.00 bits per heavy atom. The van der Waals surface area contributed by atoms with E-state index in [4.69, 9.17) is 24.8 Å². The van der Waals surface area contributed by atoms with E-state index in [1.807, 2.05) is 0 Å². The second-order valence-electron chi connectivity index (χ2n) is 2.11. The summed E-state index contributed by atoms with van der Waals surface area (Å²) >= 11 is 0. The van der Waals surface area contributed by atoms with Gasteiger partial charge in [0.05, 0.1) is 7.11 Å². The first-order chi connectivity index (χ1) is 6.67. The van der Waals surface area contributed by atoms with Crippen LogP contribution in [0.4, 0.5) is 0 Å². The molecule has 0 bridgehead atoms. The summed E-state index contributed by atoms with van der Waals surface area (Å²) in [4.78, 5) is 3.71. The predicted octanol–water partition coefficient (Wildman–Crippen LogP) is -2.72. The van der Waals surface area contributed by atoms with Gasteiger partial charge in [0.15, 0.2) is 0 Å². The van der Waals surface area contributed by atoms with Gasteiger partial charge in [-0.2, -0.15) is 0 Å². The fraction of sp³-hybridized carbons (Fsp3) is 0.167. The molecule has 0 saturated heterocycles. The van der Waals surface area contributed by atoms with Crippen molar-refractivity contribution in [1.82, 2.24) is 4.98 Å². The van der Waals surface area contributed by atoms with Crippen LogP contribution in [0.1, 0.15) is 0 Å². The predicted molar refractivity (Wildman–Crippen MR) is 50.8 cm³/mol. The average Bonchev–Trinajstić information content (AvgIpc) is 2.19. The molecule has 0 unspecified atom stereocenters. The van der Waals surface area contributed by atoms with E-state index in [2.05, 4.69) is 4.98 Å². The Hall–Kier alpha value is -1.08. The van der Waals surface area contributed by atoms with Crippen LogP contribution in [-0.2, 0) is 0 Å². The Bertz CT molecular complexity index is 260. The van der Waals surface area contributed by atoms with Gasteiger partial charge in [-0.15, -0.1) is 0 Å². The molecule has 1 aromatic rings. The summed E-state index contributed by atoms with van der Waals surface area (Å²) in [5, 5.41) is 31.5. The Labute approximate surface area is 82.3 Å². The van der Waals surface area contributed by atoms with Gasteiger partial charge >= 0.3 is 14.8 Å². The van der Waals surface area contributed by atoms with Crippen molar-refractivity contribution in [3.8, 4) is 5.75 Å². The molecule has 0 aliphatic heterocycles. The molecule has 8 heteroatoms. The molecule has 0 atom stereocenters. The molecule has 1 radical (unpaired) electrons. The van der Waals surface area contributed by atoms with Crippen LogP contribution in [0, 0.1) is 0 Å². The summed E-state index contributed by atoms with van der Waals surface area (Å²) in [6.07, 6.45) is 2.87. The van der Waals surface area contributed by atoms with Gasteiger partial charge in [-0.3, -0.25) is 4.98 Å². The van der Waals surface area contributed by atoms with Crippen molar-refractivity contribution in [2.75, 3.05) is 7.11 Å². The van der Waals surface area contributed by atoms with Crippen molar-refractivity contribution in [2.45, 2.75) is 0 Å². The van der Waals surface area contributed by atoms with E-state index in [0.717, 1.165) is 0 Å². The largest absolute Gasteiger partial charge is 0.497 e. The van der Waals surface area contributed by atoms with Gasteiger partial charge in [-0.05, 0) is 6.07 Å². The summed E-state index contributed by atoms with van der Waals surface area (Å²) in [7, 11) is -0.0695. The van der Waals surface area contributed by atoms with Crippen LogP contribution < -0.4 is 10.2 Å². The first-order valence-corrected chi connectivity index (χ1v) is 3.61. The van der Waals surface area contributed by atoms with Gasteiger partial charge in [0, 0.05) is 17.9 Å². The topological polar surface area (TPSA) is 103 Å². The molecule has 0 saturated carbocycles. The third-order valence-electron chi connectivity index (χ3n) is 1.31. The number of hydrogen-bond donors (Lipinski definition) is 4. The van der Waals surface area contributed by atoms with Crippen LogP contribution >= 0.6 is 0 Å². The minimum atomic E-state index is -1.53. The standard InChI is InChI=1S/C6H8BNO3.BH2O2/c1-11-6-2-3-8-4-5(6)7(9)10;2-1-3/h2-4,9-10H,1H3;2-3H. The van der Waals surface area contributed by atoms with Crippen molar-refractivity contribution in [2.24, 2.45) is 0 Å². The molecule has 75 valence electrons. The number of rotatable bonds is 2. The van der Waals surface area contributed by atoms with Crippen molar-refractivity contribution in [1.29, 1.82) is 0 Å². The summed E-state index contributed by atoms with van der Waals surface area (Å²) in [6, 6.07) is 1.56. The molecule has 1 heterocycles. The van der Waals surface area contributed by atoms with Gasteiger partial charge in [0.1, 0.15) is 5.75 Å².